The number of carbonyl (C=O) groups excluding carboxylic acids is 1. The number of halogens is 1. The van der Waals surface area contributed by atoms with Crippen LogP contribution in [-0.2, 0) is 4.79 Å². The summed E-state index contributed by atoms with van der Waals surface area (Å²) in [6.07, 6.45) is 1.38. The van der Waals surface area contributed by atoms with Gasteiger partial charge in [0.25, 0.3) is 0 Å². The van der Waals surface area contributed by atoms with E-state index < -0.39 is 0 Å². The molecule has 0 saturated heterocycles. The van der Waals surface area contributed by atoms with Crippen molar-refractivity contribution in [2.24, 2.45) is 0 Å². The second-order valence-corrected chi connectivity index (χ2v) is 4.43. The predicted octanol–water partition coefficient (Wildman–Crippen LogP) is 2.52. The summed E-state index contributed by atoms with van der Waals surface area (Å²) in [5.41, 5.74) is 0.955. The van der Waals surface area contributed by atoms with E-state index in [4.69, 9.17) is 11.6 Å². The van der Waals surface area contributed by atoms with Crippen LogP contribution in [0.4, 0.5) is 0 Å². The van der Waals surface area contributed by atoms with Gasteiger partial charge in [-0.3, -0.25) is 4.79 Å². The van der Waals surface area contributed by atoms with E-state index in [0.717, 1.165) is 18.5 Å². The van der Waals surface area contributed by atoms with Crippen LogP contribution in [0, 0.1) is 0 Å². The van der Waals surface area contributed by atoms with Crippen LogP contribution in [0.3, 0.4) is 0 Å². The summed E-state index contributed by atoms with van der Waals surface area (Å²) < 4.78 is 0. The van der Waals surface area contributed by atoms with Gasteiger partial charge in [0.05, 0.1) is 6.04 Å². The Kier molecular flexibility index (Phi) is 6.01. The molecule has 0 radical (unpaired) electrons. The number of amides is 1. The maximum atomic E-state index is 11.6. The molecule has 1 atom stereocenters. The fraction of sp³-hybridized carbons (Fsp3) is 0.462. The third kappa shape index (κ3) is 4.75. The number of hydrogen-bond donors (Lipinski definition) is 2. The minimum Gasteiger partial charge on any atom is -0.350 e. The van der Waals surface area contributed by atoms with E-state index in [0.29, 0.717) is 11.4 Å². The van der Waals surface area contributed by atoms with Gasteiger partial charge in [-0.25, -0.2) is 0 Å². The number of hydrogen-bond acceptors (Lipinski definition) is 2. The maximum Gasteiger partial charge on any atom is 0.220 e. The summed E-state index contributed by atoms with van der Waals surface area (Å²) in [5, 5.41) is 6.65. The molecule has 1 rings (SSSR count). The first-order valence-corrected chi connectivity index (χ1v) is 6.21. The zero-order valence-electron chi connectivity index (χ0n) is 10.3. The van der Waals surface area contributed by atoms with Gasteiger partial charge in [0.1, 0.15) is 0 Å². The lowest BCUT2D eigenvalue weighted by Crippen LogP contribution is -2.27. The Balaban J connectivity index is 2.46. The second kappa shape index (κ2) is 7.30. The van der Waals surface area contributed by atoms with Crippen LogP contribution in [0.1, 0.15) is 31.4 Å². The molecule has 0 saturated carbocycles. The Morgan fingerprint density at radius 1 is 1.41 bits per heavy atom. The molecule has 17 heavy (non-hydrogen) atoms. The molecule has 3 nitrogen and oxygen atoms in total. The highest BCUT2D eigenvalue weighted by Crippen LogP contribution is 2.22. The molecule has 4 heteroatoms. The Labute approximate surface area is 108 Å². The molecule has 0 bridgehead atoms. The molecule has 0 aliphatic carbocycles. The van der Waals surface area contributed by atoms with Crippen LogP contribution in [0.15, 0.2) is 24.3 Å². The summed E-state index contributed by atoms with van der Waals surface area (Å²) in [6.45, 7) is 2.80. The van der Waals surface area contributed by atoms with Crippen molar-refractivity contribution < 1.29 is 4.79 Å². The van der Waals surface area contributed by atoms with E-state index in [1.54, 1.807) is 0 Å². The Morgan fingerprint density at radius 2 is 2.12 bits per heavy atom. The molecule has 0 aliphatic rings. The summed E-state index contributed by atoms with van der Waals surface area (Å²) in [5.74, 6) is 0.0627. The van der Waals surface area contributed by atoms with E-state index in [-0.39, 0.29) is 11.9 Å². The molecule has 0 fully saturated rings. The Bertz CT molecular complexity index is 368. The third-order valence-electron chi connectivity index (χ3n) is 2.58. The van der Waals surface area contributed by atoms with Crippen molar-refractivity contribution in [3.8, 4) is 0 Å². The molecule has 1 amide bonds. The fourth-order valence-electron chi connectivity index (χ4n) is 1.64. The molecule has 0 spiro atoms. The van der Waals surface area contributed by atoms with E-state index in [1.807, 2.05) is 38.2 Å². The molecule has 0 unspecified atom stereocenters. The molecule has 0 aliphatic heterocycles. The van der Waals surface area contributed by atoms with Crippen LogP contribution >= 0.6 is 11.6 Å². The normalized spacial score (nSPS) is 12.2. The minimum atomic E-state index is -0.0502. The summed E-state index contributed by atoms with van der Waals surface area (Å²) >= 11 is 6.07. The van der Waals surface area contributed by atoms with Crippen LogP contribution < -0.4 is 10.6 Å². The number of nitrogens with one attached hydrogen (secondary N) is 2. The predicted molar refractivity (Wildman–Crippen MR) is 71.2 cm³/mol. The number of benzene rings is 1. The van der Waals surface area contributed by atoms with Crippen molar-refractivity contribution in [3.63, 3.8) is 0 Å². The van der Waals surface area contributed by atoms with E-state index in [1.165, 1.54) is 0 Å². The van der Waals surface area contributed by atoms with E-state index >= 15 is 0 Å². The summed E-state index contributed by atoms with van der Waals surface area (Å²) in [4.78, 5) is 11.6. The lowest BCUT2D eigenvalue weighted by atomic mass is 10.1. The molecule has 1 aromatic rings. The molecule has 94 valence electrons. The Hall–Kier alpha value is -1.06. The smallest absolute Gasteiger partial charge is 0.220 e. The van der Waals surface area contributed by atoms with Crippen molar-refractivity contribution >= 4 is 17.5 Å². The van der Waals surface area contributed by atoms with Crippen molar-refractivity contribution in [1.29, 1.82) is 0 Å². The van der Waals surface area contributed by atoms with Gasteiger partial charge >= 0.3 is 0 Å². The molecule has 2 N–H and O–H groups in total. The van der Waals surface area contributed by atoms with Gasteiger partial charge in [0.15, 0.2) is 0 Å². The number of carbonyl (C=O) groups is 1. The highest BCUT2D eigenvalue weighted by molar-refractivity contribution is 6.31. The molecule has 1 aromatic carbocycles. The van der Waals surface area contributed by atoms with Gasteiger partial charge in [-0.05, 0) is 38.6 Å². The fourth-order valence-corrected chi connectivity index (χ4v) is 1.94. The third-order valence-corrected chi connectivity index (χ3v) is 2.92. The topological polar surface area (TPSA) is 41.1 Å². The van der Waals surface area contributed by atoms with Crippen molar-refractivity contribution in [1.82, 2.24) is 10.6 Å². The summed E-state index contributed by atoms with van der Waals surface area (Å²) in [6, 6.07) is 7.52. The SMILES string of the molecule is CNCCCC(=O)N[C@H](C)c1ccccc1Cl. The van der Waals surface area contributed by atoms with Crippen molar-refractivity contribution in [2.75, 3.05) is 13.6 Å². The van der Waals surface area contributed by atoms with E-state index in [9.17, 15) is 4.79 Å². The maximum absolute atomic E-state index is 11.6. The number of rotatable bonds is 6. The minimum absolute atomic E-state index is 0.0502. The van der Waals surface area contributed by atoms with E-state index in [2.05, 4.69) is 10.6 Å². The Morgan fingerprint density at radius 3 is 2.76 bits per heavy atom. The highest BCUT2D eigenvalue weighted by atomic mass is 35.5. The van der Waals surface area contributed by atoms with Gasteiger partial charge < -0.3 is 10.6 Å². The zero-order chi connectivity index (χ0) is 12.7. The first-order chi connectivity index (χ1) is 8.15. The zero-order valence-corrected chi connectivity index (χ0v) is 11.1. The largest absolute Gasteiger partial charge is 0.350 e. The quantitative estimate of drug-likeness (QED) is 0.766. The van der Waals surface area contributed by atoms with Crippen LogP contribution in [0.25, 0.3) is 0 Å². The second-order valence-electron chi connectivity index (χ2n) is 4.02. The first-order valence-electron chi connectivity index (χ1n) is 5.83. The van der Waals surface area contributed by atoms with Crippen LogP contribution in [-0.4, -0.2) is 19.5 Å². The lowest BCUT2D eigenvalue weighted by Gasteiger charge is -2.15. The average molecular weight is 255 g/mol. The average Bonchev–Trinajstić information content (AvgIpc) is 2.29. The first kappa shape index (κ1) is 14.0. The lowest BCUT2D eigenvalue weighted by molar-refractivity contribution is -0.121. The van der Waals surface area contributed by atoms with Crippen molar-refractivity contribution in [3.05, 3.63) is 34.9 Å². The van der Waals surface area contributed by atoms with Gasteiger partial charge in [-0.15, -0.1) is 0 Å². The standard InChI is InChI=1S/C13H19ClN2O/c1-10(11-6-3-4-7-12(11)14)16-13(17)8-5-9-15-2/h3-4,6-7,10,15H,5,8-9H2,1-2H3,(H,16,17)/t10-/m1/s1. The van der Waals surface area contributed by atoms with Crippen LogP contribution in [0.5, 0.6) is 0 Å². The monoisotopic (exact) mass is 254 g/mol. The van der Waals surface area contributed by atoms with Gasteiger partial charge in [0.2, 0.25) is 5.91 Å². The van der Waals surface area contributed by atoms with Gasteiger partial charge in [-0.1, -0.05) is 29.8 Å². The molecule has 0 heterocycles. The van der Waals surface area contributed by atoms with Crippen LogP contribution in [0.2, 0.25) is 5.02 Å². The van der Waals surface area contributed by atoms with Gasteiger partial charge in [-0.2, -0.15) is 0 Å². The molecule has 0 aromatic heterocycles. The summed E-state index contributed by atoms with van der Waals surface area (Å²) in [7, 11) is 1.88. The molecular weight excluding hydrogens is 236 g/mol. The highest BCUT2D eigenvalue weighted by Gasteiger charge is 2.11. The van der Waals surface area contributed by atoms with Gasteiger partial charge in [0, 0.05) is 11.4 Å². The van der Waals surface area contributed by atoms with Crippen molar-refractivity contribution in [2.45, 2.75) is 25.8 Å². The molecular formula is C13H19ClN2O.